The van der Waals surface area contributed by atoms with E-state index in [9.17, 15) is 9.59 Å². The van der Waals surface area contributed by atoms with E-state index in [0.29, 0.717) is 16.1 Å². The molecule has 3 nitrogen and oxygen atoms in total. The Kier molecular flexibility index (Phi) is 4.22. The van der Waals surface area contributed by atoms with E-state index in [4.69, 9.17) is 11.6 Å². The molecular weight excluding hydrogens is 330 g/mol. The van der Waals surface area contributed by atoms with Gasteiger partial charge in [0.25, 0.3) is 5.56 Å². The first-order valence-electron chi connectivity index (χ1n) is 5.63. The van der Waals surface area contributed by atoms with Gasteiger partial charge in [-0.25, -0.2) is 0 Å². The monoisotopic (exact) mass is 339 g/mol. The van der Waals surface area contributed by atoms with Crippen LogP contribution in [0.2, 0.25) is 5.02 Å². The van der Waals surface area contributed by atoms with E-state index in [2.05, 4.69) is 15.9 Å². The van der Waals surface area contributed by atoms with Gasteiger partial charge in [-0.3, -0.25) is 9.59 Å². The zero-order valence-electron chi connectivity index (χ0n) is 10.2. The van der Waals surface area contributed by atoms with Crippen LogP contribution in [0.5, 0.6) is 0 Å². The van der Waals surface area contributed by atoms with Crippen molar-refractivity contribution >= 4 is 33.3 Å². The minimum Gasteiger partial charge on any atom is -0.306 e. The highest BCUT2D eigenvalue weighted by molar-refractivity contribution is 9.10. The summed E-state index contributed by atoms with van der Waals surface area (Å²) in [5.41, 5.74) is 0.920. The molecule has 19 heavy (non-hydrogen) atoms. The Morgan fingerprint density at radius 3 is 2.79 bits per heavy atom. The van der Waals surface area contributed by atoms with Crippen LogP contribution < -0.4 is 5.56 Å². The third-order valence-corrected chi connectivity index (χ3v) is 3.36. The molecule has 0 amide bonds. The molecule has 5 heteroatoms. The molecule has 0 N–H and O–H groups in total. The lowest BCUT2D eigenvalue weighted by Gasteiger charge is -2.07. The summed E-state index contributed by atoms with van der Waals surface area (Å²) in [6, 6.07) is 8.42. The second-order valence-corrected chi connectivity index (χ2v) is 5.56. The Hall–Kier alpha value is -1.39. The second kappa shape index (κ2) is 5.72. The number of carbonyl (C=O) groups is 1. The van der Waals surface area contributed by atoms with Crippen LogP contribution in [-0.2, 0) is 6.54 Å². The zero-order valence-corrected chi connectivity index (χ0v) is 12.5. The van der Waals surface area contributed by atoms with Gasteiger partial charge in [-0.2, -0.15) is 0 Å². The summed E-state index contributed by atoms with van der Waals surface area (Å²) < 4.78 is 2.16. The van der Waals surface area contributed by atoms with Crippen molar-refractivity contribution in [1.82, 2.24) is 4.57 Å². The quantitative estimate of drug-likeness (QED) is 0.803. The smallest absolute Gasteiger partial charge is 0.253 e. The number of carbonyl (C=O) groups excluding carboxylic acids is 1. The second-order valence-electron chi connectivity index (χ2n) is 4.21. The largest absolute Gasteiger partial charge is 0.306 e. The Labute approximate surface area is 124 Å². The van der Waals surface area contributed by atoms with E-state index in [-0.39, 0.29) is 17.9 Å². The van der Waals surface area contributed by atoms with Crippen LogP contribution in [0, 0.1) is 6.92 Å². The first-order chi connectivity index (χ1) is 8.97. The van der Waals surface area contributed by atoms with E-state index in [1.54, 1.807) is 43.5 Å². The number of hydrogen-bond donors (Lipinski definition) is 0. The van der Waals surface area contributed by atoms with Gasteiger partial charge in [-0.15, -0.1) is 0 Å². The van der Waals surface area contributed by atoms with Gasteiger partial charge in [0, 0.05) is 26.8 Å². The van der Waals surface area contributed by atoms with Crippen molar-refractivity contribution in [3.05, 3.63) is 67.5 Å². The molecule has 0 aliphatic rings. The standard InChI is InChI=1S/C14H11BrClNO2/c1-9-5-11(15)7-17(14(9)19)8-13(18)10-3-2-4-12(16)6-10/h2-7H,8H2,1H3. The number of aryl methyl sites for hydroxylation is 1. The molecule has 2 rings (SSSR count). The third-order valence-electron chi connectivity index (χ3n) is 2.69. The maximum absolute atomic E-state index is 12.1. The first kappa shape index (κ1) is 14.0. The zero-order chi connectivity index (χ0) is 14.0. The van der Waals surface area contributed by atoms with Crippen LogP contribution in [0.25, 0.3) is 0 Å². The topological polar surface area (TPSA) is 39.1 Å². The fourth-order valence-electron chi connectivity index (χ4n) is 1.77. The van der Waals surface area contributed by atoms with Crippen molar-refractivity contribution in [2.24, 2.45) is 0 Å². The number of nitrogens with zero attached hydrogens (tertiary/aromatic N) is 1. The molecule has 0 radical (unpaired) electrons. The van der Waals surface area contributed by atoms with Crippen LogP contribution >= 0.6 is 27.5 Å². The van der Waals surface area contributed by atoms with E-state index in [0.717, 1.165) is 4.47 Å². The Balaban J connectivity index is 2.32. The van der Waals surface area contributed by atoms with Crippen molar-refractivity contribution in [2.45, 2.75) is 13.5 Å². The van der Waals surface area contributed by atoms with E-state index in [1.165, 1.54) is 4.57 Å². The average molecular weight is 341 g/mol. The fourth-order valence-corrected chi connectivity index (χ4v) is 2.55. The van der Waals surface area contributed by atoms with Gasteiger partial charge >= 0.3 is 0 Å². The SMILES string of the molecule is Cc1cc(Br)cn(CC(=O)c2cccc(Cl)c2)c1=O. The molecular formula is C14H11BrClNO2. The van der Waals surface area contributed by atoms with Gasteiger partial charge in [0.1, 0.15) is 0 Å². The number of halogens is 2. The molecule has 98 valence electrons. The van der Waals surface area contributed by atoms with Crippen molar-refractivity contribution in [3.63, 3.8) is 0 Å². The normalized spacial score (nSPS) is 10.5. The van der Waals surface area contributed by atoms with Gasteiger partial charge in [-0.05, 0) is 41.1 Å². The number of rotatable bonds is 3. The molecule has 0 unspecified atom stereocenters. The third kappa shape index (κ3) is 3.33. The predicted molar refractivity (Wildman–Crippen MR) is 78.9 cm³/mol. The molecule has 1 heterocycles. The lowest BCUT2D eigenvalue weighted by molar-refractivity contribution is 0.0970. The minimum absolute atomic E-state index is 0.000540. The van der Waals surface area contributed by atoms with Gasteiger partial charge in [-0.1, -0.05) is 23.7 Å². The maximum Gasteiger partial charge on any atom is 0.253 e. The van der Waals surface area contributed by atoms with Gasteiger partial charge < -0.3 is 4.57 Å². The van der Waals surface area contributed by atoms with E-state index >= 15 is 0 Å². The van der Waals surface area contributed by atoms with Gasteiger partial charge in [0.2, 0.25) is 0 Å². The molecule has 0 atom stereocenters. The Morgan fingerprint density at radius 1 is 1.37 bits per heavy atom. The molecule has 0 saturated heterocycles. The molecule has 0 spiro atoms. The Bertz CT molecular complexity index is 694. The van der Waals surface area contributed by atoms with Crippen molar-refractivity contribution in [3.8, 4) is 0 Å². The predicted octanol–water partition coefficient (Wildman–Crippen LogP) is 3.46. The minimum atomic E-state index is -0.168. The number of Topliss-reactive ketones (excluding diaryl/α,β-unsaturated/α-hetero) is 1. The number of benzene rings is 1. The first-order valence-corrected chi connectivity index (χ1v) is 6.80. The molecule has 0 bridgehead atoms. The van der Waals surface area contributed by atoms with Crippen LogP contribution in [-0.4, -0.2) is 10.4 Å². The lowest BCUT2D eigenvalue weighted by Crippen LogP contribution is -2.25. The van der Waals surface area contributed by atoms with Crippen LogP contribution in [0.15, 0.2) is 45.8 Å². The molecule has 2 aromatic rings. The van der Waals surface area contributed by atoms with E-state index < -0.39 is 0 Å². The summed E-state index contributed by atoms with van der Waals surface area (Å²) in [6.45, 7) is 1.72. The van der Waals surface area contributed by atoms with E-state index in [1.807, 2.05) is 0 Å². The molecule has 1 aromatic carbocycles. The van der Waals surface area contributed by atoms with Crippen molar-refractivity contribution < 1.29 is 4.79 Å². The number of ketones is 1. The fraction of sp³-hybridized carbons (Fsp3) is 0.143. The van der Waals surface area contributed by atoms with Crippen molar-refractivity contribution in [2.75, 3.05) is 0 Å². The summed E-state index contributed by atoms with van der Waals surface area (Å²) in [7, 11) is 0. The number of hydrogen-bond acceptors (Lipinski definition) is 2. The molecule has 0 aliphatic carbocycles. The average Bonchev–Trinajstić information content (AvgIpc) is 2.35. The summed E-state index contributed by atoms with van der Waals surface area (Å²) in [4.78, 5) is 24.0. The molecule has 0 saturated carbocycles. The van der Waals surface area contributed by atoms with Crippen LogP contribution in [0.3, 0.4) is 0 Å². The maximum atomic E-state index is 12.1. The highest BCUT2D eigenvalue weighted by Crippen LogP contribution is 2.13. The molecule has 1 aromatic heterocycles. The summed E-state index contributed by atoms with van der Waals surface area (Å²) in [6.07, 6.45) is 1.61. The van der Waals surface area contributed by atoms with Gasteiger partial charge in [0.05, 0.1) is 6.54 Å². The summed E-state index contributed by atoms with van der Waals surface area (Å²) >= 11 is 9.16. The molecule has 0 fully saturated rings. The summed E-state index contributed by atoms with van der Waals surface area (Å²) in [5.74, 6) is -0.151. The summed E-state index contributed by atoms with van der Waals surface area (Å²) in [5, 5.41) is 0.503. The number of pyridine rings is 1. The van der Waals surface area contributed by atoms with Crippen molar-refractivity contribution in [1.29, 1.82) is 0 Å². The molecule has 0 aliphatic heterocycles. The van der Waals surface area contributed by atoms with Gasteiger partial charge in [0.15, 0.2) is 5.78 Å². The highest BCUT2D eigenvalue weighted by atomic mass is 79.9. The Morgan fingerprint density at radius 2 is 2.11 bits per heavy atom. The van der Waals surface area contributed by atoms with Crippen LogP contribution in [0.1, 0.15) is 15.9 Å². The van der Waals surface area contributed by atoms with Crippen LogP contribution in [0.4, 0.5) is 0 Å². The highest BCUT2D eigenvalue weighted by Gasteiger charge is 2.10. The lowest BCUT2D eigenvalue weighted by atomic mass is 10.1. The number of aromatic nitrogens is 1.